The van der Waals surface area contributed by atoms with E-state index in [0.717, 1.165) is 30.0 Å². The first kappa shape index (κ1) is 12.1. The molecule has 0 unspecified atom stereocenters. The smallest absolute Gasteiger partial charge is 0.164 e. The summed E-state index contributed by atoms with van der Waals surface area (Å²) in [6.45, 7) is 4.95. The zero-order valence-electron chi connectivity index (χ0n) is 9.46. The van der Waals surface area contributed by atoms with Crippen molar-refractivity contribution in [2.45, 2.75) is 26.8 Å². The van der Waals surface area contributed by atoms with E-state index in [4.69, 9.17) is 16.3 Å². The average molecular weight is 229 g/mol. The largest absolute Gasteiger partial charge is 0.493 e. The van der Waals surface area contributed by atoms with Crippen LogP contribution < -0.4 is 4.74 Å². The number of allylic oxidation sites excluding steroid dienone is 2. The molecule has 15 heavy (non-hydrogen) atoms. The number of hydrogen-bond donors (Lipinski definition) is 0. The maximum atomic E-state index is 5.66. The maximum absolute atomic E-state index is 5.66. The van der Waals surface area contributed by atoms with Crippen molar-refractivity contribution in [2.24, 2.45) is 0 Å². The Morgan fingerprint density at radius 2 is 2.40 bits per heavy atom. The van der Waals surface area contributed by atoms with Gasteiger partial charge in [0.2, 0.25) is 0 Å². The van der Waals surface area contributed by atoms with Crippen molar-refractivity contribution in [3.8, 4) is 5.75 Å². The number of halogens is 1. The van der Waals surface area contributed by atoms with Crippen molar-refractivity contribution in [3.05, 3.63) is 18.0 Å². The van der Waals surface area contributed by atoms with Crippen LogP contribution in [0.25, 0.3) is 5.57 Å². The van der Waals surface area contributed by atoms with E-state index in [-0.39, 0.29) is 0 Å². The third kappa shape index (κ3) is 2.75. The van der Waals surface area contributed by atoms with Crippen molar-refractivity contribution < 1.29 is 4.74 Å². The van der Waals surface area contributed by atoms with Gasteiger partial charge in [-0.05, 0) is 25.8 Å². The summed E-state index contributed by atoms with van der Waals surface area (Å²) in [6, 6.07) is 0. The van der Waals surface area contributed by atoms with E-state index < -0.39 is 0 Å². The molecule has 0 radical (unpaired) electrons. The fourth-order valence-electron chi connectivity index (χ4n) is 1.52. The summed E-state index contributed by atoms with van der Waals surface area (Å²) in [5.74, 6) is 1.46. The van der Waals surface area contributed by atoms with Crippen molar-refractivity contribution in [1.29, 1.82) is 0 Å². The van der Waals surface area contributed by atoms with E-state index in [1.165, 1.54) is 0 Å². The molecule has 84 valence electrons. The fourth-order valence-corrected chi connectivity index (χ4v) is 1.63. The minimum Gasteiger partial charge on any atom is -0.493 e. The summed E-state index contributed by atoms with van der Waals surface area (Å²) in [5.41, 5.74) is 2.21. The monoisotopic (exact) mass is 228 g/mol. The van der Waals surface area contributed by atoms with Crippen LogP contribution in [0.2, 0.25) is 0 Å². The van der Waals surface area contributed by atoms with Crippen molar-refractivity contribution >= 4 is 17.2 Å². The molecule has 1 rings (SSSR count). The number of aryl methyl sites for hydroxylation is 1. The molecule has 0 aliphatic heterocycles. The molecular formula is C11H17ClN2O. The van der Waals surface area contributed by atoms with Gasteiger partial charge in [0.15, 0.2) is 5.75 Å². The summed E-state index contributed by atoms with van der Waals surface area (Å²) in [6.07, 6.45) is 4.72. The molecule has 0 amide bonds. The van der Waals surface area contributed by atoms with Gasteiger partial charge in [0.1, 0.15) is 5.69 Å². The lowest BCUT2D eigenvalue weighted by atomic mass is 10.1. The highest BCUT2D eigenvalue weighted by Gasteiger charge is 2.11. The number of alkyl halides is 1. The van der Waals surface area contributed by atoms with E-state index in [1.54, 1.807) is 13.3 Å². The van der Waals surface area contributed by atoms with Crippen LogP contribution >= 0.6 is 11.6 Å². The van der Waals surface area contributed by atoms with Crippen LogP contribution in [0.15, 0.2) is 12.3 Å². The number of methoxy groups -OCH3 is 1. The summed E-state index contributed by atoms with van der Waals surface area (Å²) < 4.78 is 7.20. The molecule has 0 aliphatic carbocycles. The zero-order valence-corrected chi connectivity index (χ0v) is 10.2. The van der Waals surface area contributed by atoms with E-state index >= 15 is 0 Å². The molecule has 0 saturated carbocycles. The van der Waals surface area contributed by atoms with E-state index in [2.05, 4.69) is 25.0 Å². The Bertz CT molecular complexity index is 323. The second-order valence-electron chi connectivity index (χ2n) is 3.24. The molecule has 0 N–H and O–H groups in total. The number of nitrogens with zero attached hydrogens (tertiary/aromatic N) is 2. The minimum atomic E-state index is 0.639. The summed E-state index contributed by atoms with van der Waals surface area (Å²) in [4.78, 5) is 0. The fraction of sp³-hybridized carbons (Fsp3) is 0.545. The predicted octanol–water partition coefficient (Wildman–Crippen LogP) is 2.94. The summed E-state index contributed by atoms with van der Waals surface area (Å²) in [7, 11) is 1.66. The molecule has 0 spiro atoms. The first-order valence-electron chi connectivity index (χ1n) is 5.07. The standard InChI is InChI=1S/C11H17ClN2O/c1-4-14-11(9(2)6-5-7-12)10(15-3)8-13-14/h6,8H,4-5,7H2,1-3H3. The molecule has 1 aromatic rings. The third-order valence-electron chi connectivity index (χ3n) is 2.26. The lowest BCUT2D eigenvalue weighted by Gasteiger charge is -2.07. The van der Waals surface area contributed by atoms with Crippen LogP contribution in [0.4, 0.5) is 0 Å². The molecular weight excluding hydrogens is 212 g/mol. The molecule has 0 saturated heterocycles. The number of ether oxygens (including phenoxy) is 1. The Morgan fingerprint density at radius 3 is 2.93 bits per heavy atom. The number of rotatable bonds is 5. The molecule has 0 fully saturated rings. The van der Waals surface area contributed by atoms with Crippen molar-refractivity contribution in [2.75, 3.05) is 13.0 Å². The first-order valence-corrected chi connectivity index (χ1v) is 5.60. The van der Waals surface area contributed by atoms with Gasteiger partial charge in [0.05, 0.1) is 13.3 Å². The molecule has 3 nitrogen and oxygen atoms in total. The third-order valence-corrected chi connectivity index (χ3v) is 2.48. The SMILES string of the molecule is CCn1ncc(OC)c1C(C)=CCCCl. The Labute approximate surface area is 95.7 Å². The lowest BCUT2D eigenvalue weighted by Crippen LogP contribution is -2.02. The normalized spacial score (nSPS) is 11.9. The zero-order chi connectivity index (χ0) is 11.3. The predicted molar refractivity (Wildman–Crippen MR) is 63.4 cm³/mol. The van der Waals surface area contributed by atoms with Crippen LogP contribution in [-0.2, 0) is 6.54 Å². The average Bonchev–Trinajstić information content (AvgIpc) is 2.68. The van der Waals surface area contributed by atoms with Gasteiger partial charge in [-0.15, -0.1) is 11.6 Å². The number of hydrogen-bond acceptors (Lipinski definition) is 2. The van der Waals surface area contributed by atoms with Crippen LogP contribution in [0.5, 0.6) is 5.75 Å². The lowest BCUT2D eigenvalue weighted by molar-refractivity contribution is 0.412. The van der Waals surface area contributed by atoms with Gasteiger partial charge in [-0.2, -0.15) is 5.10 Å². The van der Waals surface area contributed by atoms with Gasteiger partial charge < -0.3 is 4.74 Å². The minimum absolute atomic E-state index is 0.639. The van der Waals surface area contributed by atoms with Crippen LogP contribution in [0.1, 0.15) is 26.0 Å². The second kappa shape index (κ2) is 5.81. The van der Waals surface area contributed by atoms with E-state index in [1.807, 2.05) is 4.68 Å². The van der Waals surface area contributed by atoms with Gasteiger partial charge in [0, 0.05) is 12.4 Å². The number of aromatic nitrogens is 2. The molecule has 0 bridgehead atoms. The van der Waals surface area contributed by atoms with Gasteiger partial charge >= 0.3 is 0 Å². The highest BCUT2D eigenvalue weighted by Crippen LogP contribution is 2.25. The maximum Gasteiger partial charge on any atom is 0.164 e. The van der Waals surface area contributed by atoms with E-state index in [0.29, 0.717) is 5.88 Å². The summed E-state index contributed by atoms with van der Waals surface area (Å²) >= 11 is 5.66. The molecule has 0 aliphatic rings. The van der Waals surface area contributed by atoms with Gasteiger partial charge in [-0.25, -0.2) is 0 Å². The van der Waals surface area contributed by atoms with Gasteiger partial charge in [-0.1, -0.05) is 6.08 Å². The molecule has 0 atom stereocenters. The molecule has 1 aromatic heterocycles. The Kier molecular flexibility index (Phi) is 4.69. The highest BCUT2D eigenvalue weighted by atomic mass is 35.5. The van der Waals surface area contributed by atoms with Crippen LogP contribution in [0, 0.1) is 0 Å². The Morgan fingerprint density at radius 1 is 1.67 bits per heavy atom. The molecule has 1 heterocycles. The molecule has 4 heteroatoms. The Hall–Kier alpha value is -0.960. The van der Waals surface area contributed by atoms with Gasteiger partial charge in [-0.3, -0.25) is 4.68 Å². The quantitative estimate of drug-likeness (QED) is 0.725. The molecule has 0 aromatic carbocycles. The Balaban J connectivity index is 3.03. The first-order chi connectivity index (χ1) is 7.24. The van der Waals surface area contributed by atoms with Crippen LogP contribution in [-0.4, -0.2) is 22.8 Å². The highest BCUT2D eigenvalue weighted by molar-refractivity contribution is 6.17. The second-order valence-corrected chi connectivity index (χ2v) is 3.62. The van der Waals surface area contributed by atoms with Crippen molar-refractivity contribution in [1.82, 2.24) is 9.78 Å². The summed E-state index contributed by atoms with van der Waals surface area (Å²) in [5, 5.41) is 4.25. The van der Waals surface area contributed by atoms with Gasteiger partial charge in [0.25, 0.3) is 0 Å². The van der Waals surface area contributed by atoms with E-state index in [9.17, 15) is 0 Å². The van der Waals surface area contributed by atoms with Crippen molar-refractivity contribution in [3.63, 3.8) is 0 Å². The van der Waals surface area contributed by atoms with Crippen LogP contribution in [0.3, 0.4) is 0 Å². The topological polar surface area (TPSA) is 27.1 Å².